The number of halogens is 1. The summed E-state index contributed by atoms with van der Waals surface area (Å²) in [5.74, 6) is 0. The second kappa shape index (κ2) is 3.59. The Morgan fingerprint density at radius 3 is 2.64 bits per heavy atom. The Labute approximate surface area is 72.5 Å². The van der Waals surface area contributed by atoms with Crippen LogP contribution in [0.2, 0.25) is 5.02 Å². The van der Waals surface area contributed by atoms with Crippen LogP contribution >= 0.6 is 11.6 Å². The summed E-state index contributed by atoms with van der Waals surface area (Å²) < 4.78 is 0. The normalized spacial score (nSPS) is 10.8. The number of aryl methyl sites for hydroxylation is 1. The molecule has 58 valence electrons. The van der Waals surface area contributed by atoms with Gasteiger partial charge >= 0.3 is 0 Å². The van der Waals surface area contributed by atoms with Gasteiger partial charge in [0.1, 0.15) is 0 Å². The molecule has 0 saturated heterocycles. The average Bonchev–Trinajstić information content (AvgIpc) is 1.97. The van der Waals surface area contributed by atoms with Crippen molar-refractivity contribution in [3.05, 3.63) is 40.4 Å². The highest BCUT2D eigenvalue weighted by Crippen LogP contribution is 2.20. The molecule has 0 radical (unpaired) electrons. The molecule has 0 fully saturated rings. The highest BCUT2D eigenvalue weighted by molar-refractivity contribution is 6.32. The zero-order valence-corrected chi connectivity index (χ0v) is 7.52. The van der Waals surface area contributed by atoms with E-state index in [2.05, 4.69) is 13.0 Å². The summed E-state index contributed by atoms with van der Waals surface area (Å²) in [6.07, 6.45) is 4.02. The van der Waals surface area contributed by atoms with Gasteiger partial charge in [-0.05, 0) is 31.0 Å². The second-order valence-corrected chi connectivity index (χ2v) is 2.88. The highest BCUT2D eigenvalue weighted by Gasteiger charge is 1.97. The van der Waals surface area contributed by atoms with Crippen LogP contribution in [-0.2, 0) is 0 Å². The van der Waals surface area contributed by atoms with E-state index in [9.17, 15) is 0 Å². The van der Waals surface area contributed by atoms with E-state index in [1.165, 1.54) is 5.56 Å². The van der Waals surface area contributed by atoms with E-state index < -0.39 is 0 Å². The lowest BCUT2D eigenvalue weighted by Crippen LogP contribution is -1.80. The Bertz CT molecular complexity index is 254. The van der Waals surface area contributed by atoms with Gasteiger partial charge in [-0.15, -0.1) is 0 Å². The first-order valence-corrected chi connectivity index (χ1v) is 4.01. The molecule has 1 heteroatoms. The molecular formula is C10H11Cl. The number of hydrogen-bond donors (Lipinski definition) is 0. The Hall–Kier alpha value is -0.750. The molecular weight excluding hydrogens is 156 g/mol. The van der Waals surface area contributed by atoms with Crippen molar-refractivity contribution in [3.8, 4) is 0 Å². The summed E-state index contributed by atoms with van der Waals surface area (Å²) in [6, 6.07) is 5.93. The Morgan fingerprint density at radius 1 is 1.36 bits per heavy atom. The van der Waals surface area contributed by atoms with Crippen molar-refractivity contribution in [1.29, 1.82) is 0 Å². The van der Waals surface area contributed by atoms with Gasteiger partial charge in [0.2, 0.25) is 0 Å². The predicted molar refractivity (Wildman–Crippen MR) is 50.9 cm³/mol. The molecule has 0 bridgehead atoms. The van der Waals surface area contributed by atoms with Crippen molar-refractivity contribution < 1.29 is 0 Å². The number of hydrogen-bond acceptors (Lipinski definition) is 0. The molecule has 0 spiro atoms. The van der Waals surface area contributed by atoms with E-state index in [1.54, 1.807) is 0 Å². The number of rotatable bonds is 1. The van der Waals surface area contributed by atoms with Crippen LogP contribution in [0.5, 0.6) is 0 Å². The van der Waals surface area contributed by atoms with Gasteiger partial charge in [-0.25, -0.2) is 0 Å². The summed E-state index contributed by atoms with van der Waals surface area (Å²) >= 11 is 5.96. The second-order valence-electron chi connectivity index (χ2n) is 2.47. The van der Waals surface area contributed by atoms with Crippen LogP contribution in [0.25, 0.3) is 6.08 Å². The van der Waals surface area contributed by atoms with Crippen molar-refractivity contribution in [2.75, 3.05) is 0 Å². The Morgan fingerprint density at radius 2 is 2.09 bits per heavy atom. The summed E-state index contributed by atoms with van der Waals surface area (Å²) in [6.45, 7) is 4.05. The Kier molecular flexibility index (Phi) is 2.72. The van der Waals surface area contributed by atoms with Gasteiger partial charge in [0.25, 0.3) is 0 Å². The summed E-state index contributed by atoms with van der Waals surface area (Å²) in [5.41, 5.74) is 2.34. The van der Waals surface area contributed by atoms with Crippen molar-refractivity contribution in [3.63, 3.8) is 0 Å². The molecule has 1 rings (SSSR count). The van der Waals surface area contributed by atoms with Gasteiger partial charge < -0.3 is 0 Å². The number of allylic oxidation sites excluding steroid dienone is 1. The maximum atomic E-state index is 5.96. The Balaban J connectivity index is 3.20. The standard InChI is InChI=1S/C10H11Cl/c1-3-5-9-8(2)6-4-7-10(9)11/h3-7H,1-2H3/b5-3+. The fraction of sp³-hybridized carbons (Fsp3) is 0.200. The van der Waals surface area contributed by atoms with Crippen LogP contribution in [0, 0.1) is 6.92 Å². The highest BCUT2D eigenvalue weighted by atomic mass is 35.5. The maximum absolute atomic E-state index is 5.96. The zero-order valence-electron chi connectivity index (χ0n) is 6.76. The van der Waals surface area contributed by atoms with E-state index in [4.69, 9.17) is 11.6 Å². The van der Waals surface area contributed by atoms with E-state index in [0.29, 0.717) is 0 Å². The summed E-state index contributed by atoms with van der Waals surface area (Å²) in [5, 5.41) is 0.822. The third-order valence-electron chi connectivity index (χ3n) is 1.60. The predicted octanol–water partition coefficient (Wildman–Crippen LogP) is 3.68. The van der Waals surface area contributed by atoms with Crippen LogP contribution < -0.4 is 0 Å². The number of benzene rings is 1. The molecule has 1 aromatic carbocycles. The first-order valence-electron chi connectivity index (χ1n) is 3.63. The third-order valence-corrected chi connectivity index (χ3v) is 1.93. The lowest BCUT2D eigenvalue weighted by atomic mass is 10.1. The fourth-order valence-electron chi connectivity index (χ4n) is 1.02. The topological polar surface area (TPSA) is 0 Å². The van der Waals surface area contributed by atoms with Crippen molar-refractivity contribution in [2.24, 2.45) is 0 Å². The molecule has 1 aromatic rings. The molecule has 0 aliphatic carbocycles. The van der Waals surface area contributed by atoms with Crippen molar-refractivity contribution in [2.45, 2.75) is 13.8 Å². The molecule has 11 heavy (non-hydrogen) atoms. The molecule has 0 amide bonds. The largest absolute Gasteiger partial charge is 0.0870 e. The molecule has 0 saturated carbocycles. The van der Waals surface area contributed by atoms with Crippen molar-refractivity contribution in [1.82, 2.24) is 0 Å². The molecule has 0 unspecified atom stereocenters. The van der Waals surface area contributed by atoms with Gasteiger partial charge in [0.05, 0.1) is 0 Å². The average molecular weight is 167 g/mol. The molecule has 0 N–H and O–H groups in total. The van der Waals surface area contributed by atoms with E-state index in [0.717, 1.165) is 10.6 Å². The van der Waals surface area contributed by atoms with Gasteiger partial charge in [0.15, 0.2) is 0 Å². The van der Waals surface area contributed by atoms with Gasteiger partial charge in [0, 0.05) is 5.02 Å². The van der Waals surface area contributed by atoms with Gasteiger partial charge in [-0.1, -0.05) is 35.9 Å². The van der Waals surface area contributed by atoms with Crippen LogP contribution in [-0.4, -0.2) is 0 Å². The molecule has 0 aliphatic rings. The monoisotopic (exact) mass is 166 g/mol. The molecule has 0 nitrogen and oxygen atoms in total. The quantitative estimate of drug-likeness (QED) is 0.597. The minimum atomic E-state index is 0.822. The smallest absolute Gasteiger partial charge is 0.0480 e. The zero-order chi connectivity index (χ0) is 8.27. The minimum Gasteiger partial charge on any atom is -0.0870 e. The van der Waals surface area contributed by atoms with E-state index in [-0.39, 0.29) is 0 Å². The minimum absolute atomic E-state index is 0.822. The lowest BCUT2D eigenvalue weighted by molar-refractivity contribution is 1.44. The van der Waals surface area contributed by atoms with Gasteiger partial charge in [-0.2, -0.15) is 0 Å². The maximum Gasteiger partial charge on any atom is 0.0480 e. The van der Waals surface area contributed by atoms with Crippen LogP contribution in [0.3, 0.4) is 0 Å². The summed E-state index contributed by atoms with van der Waals surface area (Å²) in [4.78, 5) is 0. The first-order chi connectivity index (χ1) is 5.25. The fourth-order valence-corrected chi connectivity index (χ4v) is 1.31. The summed E-state index contributed by atoms with van der Waals surface area (Å²) in [7, 11) is 0. The molecule has 0 atom stereocenters. The molecule has 0 aliphatic heterocycles. The van der Waals surface area contributed by atoms with Crippen LogP contribution in [0.1, 0.15) is 18.1 Å². The van der Waals surface area contributed by atoms with Crippen LogP contribution in [0.15, 0.2) is 24.3 Å². The lowest BCUT2D eigenvalue weighted by Gasteiger charge is -2.01. The van der Waals surface area contributed by atoms with E-state index in [1.807, 2.05) is 31.2 Å². The molecule has 0 heterocycles. The SMILES string of the molecule is C/C=C/c1c(C)cccc1Cl. The van der Waals surface area contributed by atoms with Crippen molar-refractivity contribution >= 4 is 17.7 Å². The third kappa shape index (κ3) is 1.84. The van der Waals surface area contributed by atoms with Crippen LogP contribution in [0.4, 0.5) is 0 Å². The molecule has 0 aromatic heterocycles. The van der Waals surface area contributed by atoms with Gasteiger partial charge in [-0.3, -0.25) is 0 Å². The van der Waals surface area contributed by atoms with E-state index >= 15 is 0 Å². The first kappa shape index (κ1) is 8.35.